The van der Waals surface area contributed by atoms with Crippen LogP contribution >= 0.6 is 23.4 Å². The molecule has 0 fully saturated rings. The molecular formula is C11H16ClN3OS. The van der Waals surface area contributed by atoms with Crippen molar-refractivity contribution in [2.75, 3.05) is 18.6 Å². The van der Waals surface area contributed by atoms with Crippen molar-refractivity contribution in [3.63, 3.8) is 0 Å². The lowest BCUT2D eigenvalue weighted by molar-refractivity contribution is 0.0951. The summed E-state index contributed by atoms with van der Waals surface area (Å²) in [6.45, 7) is 4.55. The Balaban J connectivity index is 2.81. The third-order valence-electron chi connectivity index (χ3n) is 2.09. The second kappa shape index (κ2) is 6.81. The predicted molar refractivity (Wildman–Crippen MR) is 71.8 cm³/mol. The van der Waals surface area contributed by atoms with E-state index in [4.69, 9.17) is 11.6 Å². The van der Waals surface area contributed by atoms with Gasteiger partial charge in [-0.15, -0.1) is 0 Å². The number of thioether (sulfide) groups is 1. The number of hydrogen-bond acceptors (Lipinski definition) is 4. The van der Waals surface area contributed by atoms with Gasteiger partial charge in [0.25, 0.3) is 5.91 Å². The van der Waals surface area contributed by atoms with E-state index >= 15 is 0 Å². The van der Waals surface area contributed by atoms with Gasteiger partial charge in [-0.2, -0.15) is 11.8 Å². The summed E-state index contributed by atoms with van der Waals surface area (Å²) in [6.07, 6.45) is 3.47. The standard InChI is InChI=1S/C11H16ClN3OS/c1-7(2)10-14-6-8(12)9(15-10)11(16)13-4-5-17-3/h6-7H,4-5H2,1-3H3,(H,13,16). The van der Waals surface area contributed by atoms with Crippen LogP contribution in [-0.2, 0) is 0 Å². The molecular weight excluding hydrogens is 258 g/mol. The largest absolute Gasteiger partial charge is 0.350 e. The molecule has 1 heterocycles. The number of rotatable bonds is 5. The van der Waals surface area contributed by atoms with Crippen LogP contribution in [0.1, 0.15) is 36.1 Å². The SMILES string of the molecule is CSCCNC(=O)c1nc(C(C)C)ncc1Cl. The quantitative estimate of drug-likeness (QED) is 0.837. The molecule has 0 aliphatic carbocycles. The molecule has 0 aromatic carbocycles. The zero-order chi connectivity index (χ0) is 12.8. The molecule has 0 bridgehead atoms. The molecule has 1 N–H and O–H groups in total. The molecule has 0 radical (unpaired) electrons. The van der Waals surface area contributed by atoms with Crippen molar-refractivity contribution in [3.05, 3.63) is 22.7 Å². The second-order valence-corrected chi connectivity index (χ2v) is 5.22. The smallest absolute Gasteiger partial charge is 0.271 e. The lowest BCUT2D eigenvalue weighted by Crippen LogP contribution is -2.27. The van der Waals surface area contributed by atoms with Crippen molar-refractivity contribution in [3.8, 4) is 0 Å². The van der Waals surface area contributed by atoms with Crippen molar-refractivity contribution in [2.24, 2.45) is 0 Å². The molecule has 0 spiro atoms. The van der Waals surface area contributed by atoms with Gasteiger partial charge in [0.1, 0.15) is 11.5 Å². The molecule has 0 unspecified atom stereocenters. The summed E-state index contributed by atoms with van der Waals surface area (Å²) in [7, 11) is 0. The fourth-order valence-corrected chi connectivity index (χ4v) is 1.65. The zero-order valence-corrected chi connectivity index (χ0v) is 11.7. The Morgan fingerprint density at radius 1 is 1.59 bits per heavy atom. The monoisotopic (exact) mass is 273 g/mol. The van der Waals surface area contributed by atoms with E-state index < -0.39 is 0 Å². The molecule has 0 saturated heterocycles. The average Bonchev–Trinajstić information content (AvgIpc) is 2.29. The molecule has 1 amide bonds. The molecule has 1 aromatic heterocycles. The highest BCUT2D eigenvalue weighted by molar-refractivity contribution is 7.98. The predicted octanol–water partition coefficient (Wildman–Crippen LogP) is 2.35. The molecule has 0 saturated carbocycles. The summed E-state index contributed by atoms with van der Waals surface area (Å²) < 4.78 is 0. The second-order valence-electron chi connectivity index (χ2n) is 3.83. The molecule has 4 nitrogen and oxygen atoms in total. The van der Waals surface area contributed by atoms with Crippen molar-refractivity contribution in [2.45, 2.75) is 19.8 Å². The average molecular weight is 274 g/mol. The lowest BCUT2D eigenvalue weighted by atomic mass is 10.2. The molecule has 1 aromatic rings. The Kier molecular flexibility index (Phi) is 5.71. The van der Waals surface area contributed by atoms with Crippen LogP contribution in [0.25, 0.3) is 0 Å². The first-order valence-corrected chi connectivity index (χ1v) is 7.13. The van der Waals surface area contributed by atoms with Gasteiger partial charge in [0.05, 0.1) is 11.2 Å². The van der Waals surface area contributed by atoms with Crippen LogP contribution in [0.2, 0.25) is 5.02 Å². The van der Waals surface area contributed by atoms with Crippen LogP contribution in [0, 0.1) is 0 Å². The summed E-state index contributed by atoms with van der Waals surface area (Å²) in [5.74, 6) is 1.42. The van der Waals surface area contributed by atoms with Gasteiger partial charge in [0.15, 0.2) is 0 Å². The van der Waals surface area contributed by atoms with Gasteiger partial charge in [-0.1, -0.05) is 25.4 Å². The fraction of sp³-hybridized carbons (Fsp3) is 0.545. The Morgan fingerprint density at radius 2 is 2.29 bits per heavy atom. The molecule has 17 heavy (non-hydrogen) atoms. The number of halogens is 1. The van der Waals surface area contributed by atoms with Crippen molar-refractivity contribution in [1.29, 1.82) is 0 Å². The summed E-state index contributed by atoms with van der Waals surface area (Å²) in [4.78, 5) is 20.1. The van der Waals surface area contributed by atoms with Gasteiger partial charge in [0.2, 0.25) is 0 Å². The highest BCUT2D eigenvalue weighted by atomic mass is 35.5. The van der Waals surface area contributed by atoms with Crippen LogP contribution in [0.4, 0.5) is 0 Å². The van der Waals surface area contributed by atoms with E-state index in [9.17, 15) is 4.79 Å². The first-order chi connectivity index (χ1) is 8.06. The minimum atomic E-state index is -0.242. The molecule has 1 rings (SSSR count). The van der Waals surface area contributed by atoms with Gasteiger partial charge in [0, 0.05) is 18.2 Å². The highest BCUT2D eigenvalue weighted by Gasteiger charge is 2.14. The molecule has 0 atom stereocenters. The van der Waals surface area contributed by atoms with Gasteiger partial charge in [-0.25, -0.2) is 9.97 Å². The highest BCUT2D eigenvalue weighted by Crippen LogP contribution is 2.16. The molecule has 0 aliphatic heterocycles. The van der Waals surface area contributed by atoms with E-state index in [0.717, 1.165) is 5.75 Å². The van der Waals surface area contributed by atoms with Crippen LogP contribution in [0.15, 0.2) is 6.20 Å². The number of carbonyl (C=O) groups excluding carboxylic acids is 1. The first kappa shape index (κ1) is 14.3. The Bertz CT molecular complexity index is 398. The van der Waals surface area contributed by atoms with E-state index in [-0.39, 0.29) is 22.5 Å². The number of carbonyl (C=O) groups is 1. The van der Waals surface area contributed by atoms with Crippen LogP contribution in [-0.4, -0.2) is 34.4 Å². The van der Waals surface area contributed by atoms with Crippen LogP contribution < -0.4 is 5.32 Å². The number of nitrogens with zero attached hydrogens (tertiary/aromatic N) is 2. The first-order valence-electron chi connectivity index (χ1n) is 5.35. The van der Waals surface area contributed by atoms with Gasteiger partial charge in [-0.3, -0.25) is 4.79 Å². The fourth-order valence-electron chi connectivity index (χ4n) is 1.17. The lowest BCUT2D eigenvalue weighted by Gasteiger charge is -2.08. The van der Waals surface area contributed by atoms with Crippen LogP contribution in [0.5, 0.6) is 0 Å². The Hall–Kier alpha value is -0.810. The summed E-state index contributed by atoms with van der Waals surface area (Å²) in [5.41, 5.74) is 0.256. The maximum atomic E-state index is 11.8. The van der Waals surface area contributed by atoms with E-state index in [0.29, 0.717) is 12.4 Å². The topological polar surface area (TPSA) is 54.9 Å². The summed E-state index contributed by atoms with van der Waals surface area (Å²) in [6, 6.07) is 0. The Morgan fingerprint density at radius 3 is 2.88 bits per heavy atom. The number of hydrogen-bond donors (Lipinski definition) is 1. The van der Waals surface area contributed by atoms with Crippen molar-refractivity contribution < 1.29 is 4.79 Å². The zero-order valence-electron chi connectivity index (χ0n) is 10.2. The van der Waals surface area contributed by atoms with Crippen molar-refractivity contribution in [1.82, 2.24) is 15.3 Å². The van der Waals surface area contributed by atoms with Gasteiger partial charge >= 0.3 is 0 Å². The van der Waals surface area contributed by atoms with E-state index in [1.54, 1.807) is 11.8 Å². The molecule has 6 heteroatoms. The minimum Gasteiger partial charge on any atom is -0.350 e. The Labute approximate surface area is 111 Å². The third-order valence-corrected chi connectivity index (χ3v) is 2.97. The third kappa shape index (κ3) is 4.16. The van der Waals surface area contributed by atoms with E-state index in [1.165, 1.54) is 6.20 Å². The van der Waals surface area contributed by atoms with Gasteiger partial charge in [-0.05, 0) is 6.26 Å². The van der Waals surface area contributed by atoms with Crippen LogP contribution in [0.3, 0.4) is 0 Å². The number of amides is 1. The number of nitrogens with one attached hydrogen (secondary N) is 1. The summed E-state index contributed by atoms with van der Waals surface area (Å²) >= 11 is 7.59. The number of aromatic nitrogens is 2. The maximum absolute atomic E-state index is 11.8. The summed E-state index contributed by atoms with van der Waals surface area (Å²) in [5, 5.41) is 3.06. The van der Waals surface area contributed by atoms with Gasteiger partial charge < -0.3 is 5.32 Å². The normalized spacial score (nSPS) is 10.6. The molecule has 94 valence electrons. The molecule has 0 aliphatic rings. The maximum Gasteiger partial charge on any atom is 0.271 e. The van der Waals surface area contributed by atoms with Crippen molar-refractivity contribution >= 4 is 29.3 Å². The minimum absolute atomic E-state index is 0.171. The van der Waals surface area contributed by atoms with E-state index in [2.05, 4.69) is 15.3 Å². The van der Waals surface area contributed by atoms with E-state index in [1.807, 2.05) is 20.1 Å².